The maximum absolute atomic E-state index is 9.09. The first-order valence-corrected chi connectivity index (χ1v) is 6.05. The van der Waals surface area contributed by atoms with E-state index in [9.17, 15) is 0 Å². The fraction of sp³-hybridized carbons (Fsp3) is 0.267. The molecule has 0 saturated heterocycles. The van der Waals surface area contributed by atoms with E-state index in [0.717, 1.165) is 16.8 Å². The minimum atomic E-state index is -0.0179. The van der Waals surface area contributed by atoms with E-state index in [-0.39, 0.29) is 6.61 Å². The molecule has 1 heterocycles. The molecule has 0 atom stereocenters. The van der Waals surface area contributed by atoms with E-state index in [1.54, 1.807) is 25.4 Å². The summed E-state index contributed by atoms with van der Waals surface area (Å²) in [4.78, 5) is 4.28. The predicted molar refractivity (Wildman–Crippen MR) is 72.2 cm³/mol. The molecule has 0 radical (unpaired) electrons. The van der Waals surface area contributed by atoms with Crippen molar-refractivity contribution in [3.8, 4) is 11.5 Å². The monoisotopic (exact) mass is 259 g/mol. The number of rotatable bonds is 5. The van der Waals surface area contributed by atoms with E-state index in [2.05, 4.69) is 4.98 Å². The molecule has 2 rings (SSSR count). The number of pyridine rings is 1. The smallest absolute Gasteiger partial charge is 0.161 e. The van der Waals surface area contributed by atoms with Crippen molar-refractivity contribution in [2.45, 2.75) is 20.1 Å². The first-order chi connectivity index (χ1) is 9.24. The second-order valence-corrected chi connectivity index (χ2v) is 4.20. The molecule has 0 aliphatic carbocycles. The van der Waals surface area contributed by atoms with Crippen LogP contribution in [0.1, 0.15) is 16.8 Å². The largest absolute Gasteiger partial charge is 0.493 e. The summed E-state index contributed by atoms with van der Waals surface area (Å²) in [6.07, 6.45) is 1.75. The van der Waals surface area contributed by atoms with Gasteiger partial charge in [-0.2, -0.15) is 0 Å². The molecule has 4 nitrogen and oxygen atoms in total. The van der Waals surface area contributed by atoms with Crippen molar-refractivity contribution in [3.05, 3.63) is 53.3 Å². The lowest BCUT2D eigenvalue weighted by Crippen LogP contribution is -2.02. The number of aromatic nitrogens is 1. The lowest BCUT2D eigenvalue weighted by Gasteiger charge is -2.12. The van der Waals surface area contributed by atoms with Gasteiger partial charge >= 0.3 is 0 Å². The SMILES string of the molecule is COc1cc(CO)ccc1OCc1ncccc1C. The van der Waals surface area contributed by atoms with E-state index in [1.807, 2.05) is 25.1 Å². The lowest BCUT2D eigenvalue weighted by atomic mass is 10.2. The number of methoxy groups -OCH3 is 1. The molecule has 0 aliphatic rings. The summed E-state index contributed by atoms with van der Waals surface area (Å²) in [5, 5.41) is 9.09. The normalized spacial score (nSPS) is 10.3. The summed E-state index contributed by atoms with van der Waals surface area (Å²) in [5.41, 5.74) is 2.78. The minimum Gasteiger partial charge on any atom is -0.493 e. The molecule has 0 bridgehead atoms. The van der Waals surface area contributed by atoms with Gasteiger partial charge in [0.05, 0.1) is 19.4 Å². The van der Waals surface area contributed by atoms with Gasteiger partial charge < -0.3 is 14.6 Å². The summed E-state index contributed by atoms with van der Waals surface area (Å²) in [5.74, 6) is 1.25. The minimum absolute atomic E-state index is 0.0179. The molecule has 1 aromatic carbocycles. The molecule has 0 amide bonds. The molecule has 0 fully saturated rings. The Morgan fingerprint density at radius 2 is 2.05 bits per heavy atom. The zero-order valence-electron chi connectivity index (χ0n) is 11.1. The molecule has 0 aliphatic heterocycles. The van der Waals surface area contributed by atoms with Crippen molar-refractivity contribution in [2.24, 2.45) is 0 Å². The van der Waals surface area contributed by atoms with Crippen LogP contribution in [0, 0.1) is 6.92 Å². The summed E-state index contributed by atoms with van der Waals surface area (Å²) in [6.45, 7) is 2.37. The van der Waals surface area contributed by atoms with Crippen molar-refractivity contribution in [1.29, 1.82) is 0 Å². The van der Waals surface area contributed by atoms with Crippen LogP contribution in [0.4, 0.5) is 0 Å². The molecule has 0 spiro atoms. The number of ether oxygens (including phenoxy) is 2. The van der Waals surface area contributed by atoms with Crippen LogP contribution >= 0.6 is 0 Å². The Labute approximate surface area is 112 Å². The molecule has 1 N–H and O–H groups in total. The van der Waals surface area contributed by atoms with Crippen LogP contribution in [-0.2, 0) is 13.2 Å². The number of nitrogens with zero attached hydrogens (tertiary/aromatic N) is 1. The van der Waals surface area contributed by atoms with Crippen molar-refractivity contribution in [1.82, 2.24) is 4.98 Å². The van der Waals surface area contributed by atoms with Gasteiger partial charge in [0.2, 0.25) is 0 Å². The van der Waals surface area contributed by atoms with Gasteiger partial charge in [0.25, 0.3) is 0 Å². The number of aryl methyl sites for hydroxylation is 1. The first kappa shape index (κ1) is 13.4. The highest BCUT2D eigenvalue weighted by atomic mass is 16.5. The van der Waals surface area contributed by atoms with E-state index in [0.29, 0.717) is 18.1 Å². The number of hydrogen-bond acceptors (Lipinski definition) is 4. The highest BCUT2D eigenvalue weighted by Crippen LogP contribution is 2.28. The van der Waals surface area contributed by atoms with Gasteiger partial charge in [-0.3, -0.25) is 4.98 Å². The van der Waals surface area contributed by atoms with Gasteiger partial charge in [0.1, 0.15) is 6.61 Å². The van der Waals surface area contributed by atoms with Crippen molar-refractivity contribution in [2.75, 3.05) is 7.11 Å². The Hall–Kier alpha value is -2.07. The maximum atomic E-state index is 9.09. The van der Waals surface area contributed by atoms with E-state index in [4.69, 9.17) is 14.6 Å². The van der Waals surface area contributed by atoms with Crippen LogP contribution in [0.3, 0.4) is 0 Å². The Balaban J connectivity index is 2.13. The number of hydrogen-bond donors (Lipinski definition) is 1. The predicted octanol–water partition coefficient (Wildman–Crippen LogP) is 2.47. The van der Waals surface area contributed by atoms with Gasteiger partial charge in [-0.15, -0.1) is 0 Å². The third kappa shape index (κ3) is 3.23. The van der Waals surface area contributed by atoms with Crippen molar-refractivity contribution in [3.63, 3.8) is 0 Å². The fourth-order valence-corrected chi connectivity index (χ4v) is 1.75. The topological polar surface area (TPSA) is 51.6 Å². The Morgan fingerprint density at radius 3 is 2.74 bits per heavy atom. The van der Waals surface area contributed by atoms with Gasteiger partial charge in [0, 0.05) is 6.20 Å². The zero-order valence-corrected chi connectivity index (χ0v) is 11.1. The van der Waals surface area contributed by atoms with Crippen LogP contribution < -0.4 is 9.47 Å². The molecule has 100 valence electrons. The van der Waals surface area contributed by atoms with E-state index < -0.39 is 0 Å². The molecule has 4 heteroatoms. The Bertz CT molecular complexity index is 555. The third-order valence-electron chi connectivity index (χ3n) is 2.89. The molecule has 19 heavy (non-hydrogen) atoms. The highest BCUT2D eigenvalue weighted by molar-refractivity contribution is 5.42. The van der Waals surface area contributed by atoms with Crippen LogP contribution in [0.15, 0.2) is 36.5 Å². The Morgan fingerprint density at radius 1 is 1.21 bits per heavy atom. The van der Waals surface area contributed by atoms with Crippen LogP contribution in [0.5, 0.6) is 11.5 Å². The molecule has 0 unspecified atom stereocenters. The van der Waals surface area contributed by atoms with Crippen LogP contribution in [0.2, 0.25) is 0 Å². The molecule has 2 aromatic rings. The second-order valence-electron chi connectivity index (χ2n) is 4.20. The molecule has 0 saturated carbocycles. The third-order valence-corrected chi connectivity index (χ3v) is 2.89. The summed E-state index contributed by atoms with van der Waals surface area (Å²) >= 11 is 0. The average Bonchev–Trinajstić information content (AvgIpc) is 2.46. The van der Waals surface area contributed by atoms with Crippen LogP contribution in [0.25, 0.3) is 0 Å². The van der Waals surface area contributed by atoms with Crippen molar-refractivity contribution >= 4 is 0 Å². The molecular formula is C15H17NO3. The maximum Gasteiger partial charge on any atom is 0.161 e. The van der Waals surface area contributed by atoms with Gasteiger partial charge in [-0.05, 0) is 36.2 Å². The number of aliphatic hydroxyl groups excluding tert-OH is 1. The average molecular weight is 259 g/mol. The quantitative estimate of drug-likeness (QED) is 0.896. The molecular weight excluding hydrogens is 242 g/mol. The van der Waals surface area contributed by atoms with Gasteiger partial charge in [0.15, 0.2) is 11.5 Å². The van der Waals surface area contributed by atoms with E-state index in [1.165, 1.54) is 0 Å². The number of aliphatic hydroxyl groups is 1. The lowest BCUT2D eigenvalue weighted by molar-refractivity contribution is 0.272. The molecule has 1 aromatic heterocycles. The summed E-state index contributed by atoms with van der Waals surface area (Å²) < 4.78 is 11.0. The van der Waals surface area contributed by atoms with Crippen LogP contribution in [-0.4, -0.2) is 17.2 Å². The van der Waals surface area contributed by atoms with Gasteiger partial charge in [-0.25, -0.2) is 0 Å². The summed E-state index contributed by atoms with van der Waals surface area (Å²) in [7, 11) is 1.58. The highest BCUT2D eigenvalue weighted by Gasteiger charge is 2.07. The Kier molecular flexibility index (Phi) is 4.36. The van der Waals surface area contributed by atoms with E-state index >= 15 is 0 Å². The van der Waals surface area contributed by atoms with Crippen molar-refractivity contribution < 1.29 is 14.6 Å². The zero-order chi connectivity index (χ0) is 13.7. The first-order valence-electron chi connectivity index (χ1n) is 6.05. The fourth-order valence-electron chi connectivity index (χ4n) is 1.75. The summed E-state index contributed by atoms with van der Waals surface area (Å²) in [6, 6.07) is 9.26. The number of benzene rings is 1. The second kappa shape index (κ2) is 6.20. The van der Waals surface area contributed by atoms with Gasteiger partial charge in [-0.1, -0.05) is 12.1 Å². The standard InChI is InChI=1S/C15H17NO3/c1-11-4-3-7-16-13(11)10-19-14-6-5-12(9-17)8-15(14)18-2/h3-8,17H,9-10H2,1-2H3.